The highest BCUT2D eigenvalue weighted by Crippen LogP contribution is 2.52. The molecule has 0 saturated carbocycles. The molecule has 1 aliphatic rings. The Morgan fingerprint density at radius 1 is 0.450 bits per heavy atom. The fraction of sp³-hybridized carbons (Fsp3) is 0.0182. The number of para-hydroxylation sites is 2. The Morgan fingerprint density at radius 2 is 1.13 bits per heavy atom. The van der Waals surface area contributed by atoms with Gasteiger partial charge in [-0.3, -0.25) is 4.57 Å². The van der Waals surface area contributed by atoms with E-state index in [1.54, 1.807) is 11.3 Å². The van der Waals surface area contributed by atoms with Gasteiger partial charge < -0.3 is 4.40 Å². The molecule has 0 amide bonds. The van der Waals surface area contributed by atoms with E-state index in [-0.39, 0.29) is 5.92 Å². The molecule has 60 heavy (non-hydrogen) atoms. The van der Waals surface area contributed by atoms with Gasteiger partial charge in [-0.1, -0.05) is 140 Å². The quantitative estimate of drug-likeness (QED) is 0.175. The zero-order valence-electron chi connectivity index (χ0n) is 32.0. The van der Waals surface area contributed by atoms with E-state index in [0.29, 0.717) is 0 Å². The second-order valence-electron chi connectivity index (χ2n) is 16.4. The molecule has 0 spiro atoms. The van der Waals surface area contributed by atoms with E-state index in [4.69, 9.17) is 9.97 Å². The van der Waals surface area contributed by atoms with Gasteiger partial charge in [-0.2, -0.15) is 0 Å². The first-order valence-corrected chi connectivity index (χ1v) is 21.4. The van der Waals surface area contributed by atoms with Crippen molar-refractivity contribution in [2.24, 2.45) is 0 Å². The van der Waals surface area contributed by atoms with Crippen molar-refractivity contribution in [1.29, 1.82) is 0 Å². The van der Waals surface area contributed by atoms with E-state index in [9.17, 15) is 0 Å². The third-order valence-corrected chi connectivity index (χ3v) is 14.6. The molecule has 0 N–H and O–H groups in total. The van der Waals surface area contributed by atoms with Crippen LogP contribution in [-0.2, 0) is 0 Å². The van der Waals surface area contributed by atoms with Gasteiger partial charge >= 0.3 is 0 Å². The molecule has 0 bridgehead atoms. The number of benzene rings is 9. The number of aromatic nitrogens is 4. The summed E-state index contributed by atoms with van der Waals surface area (Å²) in [5.74, 6) is 1.63. The van der Waals surface area contributed by atoms with E-state index in [1.165, 1.54) is 103 Å². The molecule has 4 nitrogen and oxygen atoms in total. The van der Waals surface area contributed by atoms with Gasteiger partial charge in [-0.05, 0) is 80.2 Å². The summed E-state index contributed by atoms with van der Waals surface area (Å²) in [7, 11) is 0. The minimum absolute atomic E-state index is 0.130. The van der Waals surface area contributed by atoms with Crippen LogP contribution in [0.4, 0.5) is 0 Å². The Labute approximate surface area is 346 Å². The van der Waals surface area contributed by atoms with Crippen LogP contribution < -0.4 is 0 Å². The van der Waals surface area contributed by atoms with E-state index >= 15 is 0 Å². The average Bonchev–Trinajstić information content (AvgIpc) is 4.10. The van der Waals surface area contributed by atoms with Gasteiger partial charge in [-0.15, -0.1) is 11.3 Å². The summed E-state index contributed by atoms with van der Waals surface area (Å²) < 4.78 is 7.31. The fourth-order valence-electron chi connectivity index (χ4n) is 11.0. The fourth-order valence-corrected chi connectivity index (χ4v) is 12.2. The van der Waals surface area contributed by atoms with Gasteiger partial charge in [0.1, 0.15) is 5.82 Å². The molecule has 5 heterocycles. The van der Waals surface area contributed by atoms with Crippen molar-refractivity contribution in [1.82, 2.24) is 18.9 Å². The van der Waals surface area contributed by atoms with Crippen molar-refractivity contribution in [3.63, 3.8) is 0 Å². The molecule has 1 atom stereocenters. The maximum Gasteiger partial charge on any atom is 0.159 e. The Balaban J connectivity index is 1.13. The molecule has 9 aromatic carbocycles. The smallest absolute Gasteiger partial charge is 0.159 e. The zero-order chi connectivity index (χ0) is 38.8. The van der Waals surface area contributed by atoms with Crippen LogP contribution in [0.1, 0.15) is 22.9 Å². The molecule has 276 valence electrons. The Hall–Kier alpha value is -7.60. The van der Waals surface area contributed by atoms with Crippen molar-refractivity contribution < 1.29 is 0 Å². The summed E-state index contributed by atoms with van der Waals surface area (Å²) in [6.45, 7) is 0. The third-order valence-electron chi connectivity index (χ3n) is 13.5. The van der Waals surface area contributed by atoms with Gasteiger partial charge in [0.25, 0.3) is 0 Å². The number of hydrogen-bond acceptors (Lipinski definition) is 3. The summed E-state index contributed by atoms with van der Waals surface area (Å²) in [5.41, 5.74) is 12.1. The molecule has 15 rings (SSSR count). The summed E-state index contributed by atoms with van der Waals surface area (Å²) >= 11 is 1.80. The second-order valence-corrected chi connectivity index (χ2v) is 17.5. The standard InChI is InChI=1S/C55H30N4S/c1-2-15-32-28-45-40(27-31(32)14-1)42-29-41-34-17-7-10-22-43(34)59(52(41)49-37-20-8-11-23-44(37)58(45)51(42)49)55-53-50(38-21-9-12-24-46(38)60-53)56-54(57-55)48-36-19-6-5-18-35(36)47-33-16-4-3-13-30(33)25-26-39(47)48/h1-29,48H. The average molecular weight is 779 g/mol. The van der Waals surface area contributed by atoms with Crippen LogP contribution in [-0.4, -0.2) is 18.9 Å². The minimum atomic E-state index is -0.130. The molecule has 5 heteroatoms. The van der Waals surface area contributed by atoms with E-state index in [0.717, 1.165) is 32.8 Å². The van der Waals surface area contributed by atoms with Gasteiger partial charge in [0.15, 0.2) is 5.82 Å². The molecule has 1 aliphatic carbocycles. The van der Waals surface area contributed by atoms with E-state index in [1.807, 2.05) is 0 Å². The lowest BCUT2D eigenvalue weighted by Gasteiger charge is -2.16. The molecule has 1 unspecified atom stereocenters. The lowest BCUT2D eigenvalue weighted by atomic mass is 9.94. The van der Waals surface area contributed by atoms with Crippen LogP contribution in [0.5, 0.6) is 0 Å². The SMILES string of the molecule is c1ccc2c(c1)-c1c(ccc3ccccc13)C2c1nc(-n2c3ccccc3c3cc4c5cc6ccccc6cc5n5c6ccccc6c(c32)c45)c2sc3ccccc3c2n1. The van der Waals surface area contributed by atoms with Crippen LogP contribution in [0.15, 0.2) is 176 Å². The van der Waals surface area contributed by atoms with Crippen LogP contribution in [0.25, 0.3) is 119 Å². The van der Waals surface area contributed by atoms with E-state index in [2.05, 4.69) is 185 Å². The highest BCUT2D eigenvalue weighted by molar-refractivity contribution is 7.26. The number of thiophene rings is 1. The predicted octanol–water partition coefficient (Wildman–Crippen LogP) is 14.6. The summed E-state index contributed by atoms with van der Waals surface area (Å²) in [5, 5.41) is 13.7. The molecular formula is C55H30N4S. The largest absolute Gasteiger partial charge is 0.308 e. The molecule has 0 fully saturated rings. The predicted molar refractivity (Wildman–Crippen MR) is 252 cm³/mol. The Morgan fingerprint density at radius 3 is 2.02 bits per heavy atom. The zero-order valence-corrected chi connectivity index (χ0v) is 32.8. The lowest BCUT2D eigenvalue weighted by molar-refractivity contribution is 0.875. The van der Waals surface area contributed by atoms with Crippen molar-refractivity contribution in [3.8, 4) is 16.9 Å². The van der Waals surface area contributed by atoms with Gasteiger partial charge in [0.2, 0.25) is 0 Å². The maximum absolute atomic E-state index is 5.86. The second kappa shape index (κ2) is 11.1. The van der Waals surface area contributed by atoms with Gasteiger partial charge in [-0.25, -0.2) is 9.97 Å². The molecule has 14 aromatic rings. The van der Waals surface area contributed by atoms with E-state index < -0.39 is 0 Å². The summed E-state index contributed by atoms with van der Waals surface area (Å²) in [6.07, 6.45) is 0. The number of rotatable bonds is 2. The topological polar surface area (TPSA) is 35.1 Å². The Kier molecular flexibility index (Phi) is 5.81. The Bertz CT molecular complexity index is 4200. The molecular weight excluding hydrogens is 749 g/mol. The van der Waals surface area contributed by atoms with Crippen molar-refractivity contribution >= 4 is 113 Å². The van der Waals surface area contributed by atoms with Crippen LogP contribution in [0.3, 0.4) is 0 Å². The molecule has 0 saturated heterocycles. The minimum Gasteiger partial charge on any atom is -0.308 e. The van der Waals surface area contributed by atoms with Crippen molar-refractivity contribution in [2.45, 2.75) is 5.92 Å². The summed E-state index contributed by atoms with van der Waals surface area (Å²) in [4.78, 5) is 11.5. The first-order chi connectivity index (χ1) is 29.8. The van der Waals surface area contributed by atoms with Crippen LogP contribution >= 0.6 is 11.3 Å². The van der Waals surface area contributed by atoms with Gasteiger partial charge in [0, 0.05) is 42.4 Å². The molecule has 0 aliphatic heterocycles. The number of fused-ring (bicyclic) bond motifs is 19. The van der Waals surface area contributed by atoms with Crippen molar-refractivity contribution in [2.75, 3.05) is 0 Å². The normalized spacial score (nSPS) is 14.2. The monoisotopic (exact) mass is 778 g/mol. The molecule has 0 radical (unpaired) electrons. The van der Waals surface area contributed by atoms with Crippen LogP contribution in [0, 0.1) is 0 Å². The molecule has 5 aromatic heterocycles. The lowest BCUT2D eigenvalue weighted by Crippen LogP contribution is -2.09. The highest BCUT2D eigenvalue weighted by atomic mass is 32.1. The van der Waals surface area contributed by atoms with Gasteiger partial charge in [0.05, 0.1) is 43.7 Å². The first-order valence-electron chi connectivity index (χ1n) is 20.6. The first kappa shape index (κ1) is 31.4. The summed E-state index contributed by atoms with van der Waals surface area (Å²) in [6, 6.07) is 64.8. The van der Waals surface area contributed by atoms with Crippen molar-refractivity contribution in [3.05, 3.63) is 193 Å². The third kappa shape index (κ3) is 3.82. The maximum atomic E-state index is 5.86. The van der Waals surface area contributed by atoms with Crippen LogP contribution in [0.2, 0.25) is 0 Å². The highest BCUT2D eigenvalue weighted by Gasteiger charge is 2.35. The number of nitrogens with zero attached hydrogens (tertiary/aromatic N) is 4. The number of hydrogen-bond donors (Lipinski definition) is 0.